The van der Waals surface area contributed by atoms with E-state index in [0.29, 0.717) is 6.42 Å². The lowest BCUT2D eigenvalue weighted by Crippen LogP contribution is -2.45. The summed E-state index contributed by atoms with van der Waals surface area (Å²) in [6, 6.07) is 3.75. The van der Waals surface area contributed by atoms with E-state index in [0.717, 1.165) is 19.3 Å². The van der Waals surface area contributed by atoms with Crippen molar-refractivity contribution in [3.05, 3.63) is 35.4 Å². The Labute approximate surface area is 100 Å². The van der Waals surface area contributed by atoms with Gasteiger partial charge in [0, 0.05) is 0 Å². The zero-order valence-electron chi connectivity index (χ0n) is 10.3. The van der Waals surface area contributed by atoms with Crippen molar-refractivity contribution >= 4 is 0 Å². The smallest absolute Gasteiger partial charge is 0.132 e. The number of benzene rings is 1. The average Bonchev–Trinajstić information content (AvgIpc) is 2.22. The summed E-state index contributed by atoms with van der Waals surface area (Å²) in [4.78, 5) is 0. The molecule has 3 heteroatoms. The van der Waals surface area contributed by atoms with Crippen molar-refractivity contribution in [2.45, 2.75) is 45.1 Å². The first kappa shape index (κ1) is 12.5. The third kappa shape index (κ3) is 1.86. The molecule has 0 bridgehead atoms. The van der Waals surface area contributed by atoms with Gasteiger partial charge in [0.1, 0.15) is 17.2 Å². The monoisotopic (exact) mass is 240 g/mol. The Bertz CT molecular complexity index is 408. The van der Waals surface area contributed by atoms with Gasteiger partial charge in [-0.3, -0.25) is 0 Å². The molecule has 0 heterocycles. The zero-order valence-corrected chi connectivity index (χ0v) is 10.3. The summed E-state index contributed by atoms with van der Waals surface area (Å²) in [6.07, 6.45) is 2.98. The van der Waals surface area contributed by atoms with Gasteiger partial charge in [-0.25, -0.2) is 8.78 Å². The van der Waals surface area contributed by atoms with E-state index in [9.17, 15) is 13.9 Å². The number of halogens is 2. The standard InChI is InChI=1S/C14H18F2O/c1-13(2)8-3-4-9-14(13,17)12-10(15)6-5-7-11(12)16/h5-7,17H,3-4,8-9H2,1-2H3. The molecule has 1 nitrogen and oxygen atoms in total. The molecule has 1 N–H and O–H groups in total. The minimum Gasteiger partial charge on any atom is -0.384 e. The molecule has 1 aliphatic rings. The van der Waals surface area contributed by atoms with Crippen molar-refractivity contribution in [2.24, 2.45) is 5.41 Å². The Balaban J connectivity index is 2.57. The summed E-state index contributed by atoms with van der Waals surface area (Å²) in [5.74, 6) is -1.30. The van der Waals surface area contributed by atoms with Crippen LogP contribution in [0.3, 0.4) is 0 Å². The molecule has 1 aromatic carbocycles. The molecule has 17 heavy (non-hydrogen) atoms. The lowest BCUT2D eigenvalue weighted by atomic mass is 9.62. The van der Waals surface area contributed by atoms with Gasteiger partial charge in [0.2, 0.25) is 0 Å². The summed E-state index contributed by atoms with van der Waals surface area (Å²) < 4.78 is 27.6. The third-order valence-electron chi connectivity index (χ3n) is 4.09. The fourth-order valence-corrected chi connectivity index (χ4v) is 2.85. The maximum Gasteiger partial charge on any atom is 0.132 e. The predicted octanol–water partition coefficient (Wildman–Crippen LogP) is 3.75. The molecule has 0 saturated heterocycles. The highest BCUT2D eigenvalue weighted by Crippen LogP contribution is 2.51. The molecule has 0 aliphatic heterocycles. The van der Waals surface area contributed by atoms with Gasteiger partial charge in [0.05, 0.1) is 5.56 Å². The Kier molecular flexibility index (Phi) is 2.98. The van der Waals surface area contributed by atoms with Gasteiger partial charge in [-0.1, -0.05) is 32.8 Å². The minimum absolute atomic E-state index is 0.162. The Morgan fingerprint density at radius 3 is 2.12 bits per heavy atom. The van der Waals surface area contributed by atoms with Gasteiger partial charge in [-0.15, -0.1) is 0 Å². The molecular weight excluding hydrogens is 222 g/mol. The first-order chi connectivity index (χ1) is 7.88. The summed E-state index contributed by atoms with van der Waals surface area (Å²) in [5.41, 5.74) is -2.07. The number of hydrogen-bond acceptors (Lipinski definition) is 1. The first-order valence-electron chi connectivity index (χ1n) is 6.05. The van der Waals surface area contributed by atoms with Crippen LogP contribution in [-0.4, -0.2) is 5.11 Å². The van der Waals surface area contributed by atoms with Gasteiger partial charge >= 0.3 is 0 Å². The number of hydrogen-bond donors (Lipinski definition) is 1. The fraction of sp³-hybridized carbons (Fsp3) is 0.571. The molecule has 0 aromatic heterocycles. The average molecular weight is 240 g/mol. The molecule has 1 fully saturated rings. The van der Waals surface area contributed by atoms with Crippen LogP contribution < -0.4 is 0 Å². The van der Waals surface area contributed by atoms with Gasteiger partial charge in [-0.2, -0.15) is 0 Å². The SMILES string of the molecule is CC1(C)CCCCC1(O)c1c(F)cccc1F. The van der Waals surface area contributed by atoms with Crippen LogP contribution in [0.4, 0.5) is 8.78 Å². The van der Waals surface area contributed by atoms with Crippen LogP contribution in [-0.2, 0) is 5.60 Å². The van der Waals surface area contributed by atoms with Gasteiger partial charge in [-0.05, 0) is 30.4 Å². The largest absolute Gasteiger partial charge is 0.384 e. The molecule has 1 aliphatic carbocycles. The Hall–Kier alpha value is -0.960. The zero-order chi connectivity index (χ0) is 12.7. The summed E-state index contributed by atoms with van der Waals surface area (Å²) >= 11 is 0. The van der Waals surface area contributed by atoms with Crippen LogP contribution in [0.1, 0.15) is 45.1 Å². The van der Waals surface area contributed by atoms with Crippen molar-refractivity contribution in [1.82, 2.24) is 0 Å². The lowest BCUT2D eigenvalue weighted by molar-refractivity contribution is -0.108. The van der Waals surface area contributed by atoms with Crippen LogP contribution >= 0.6 is 0 Å². The Morgan fingerprint density at radius 1 is 1.06 bits per heavy atom. The van der Waals surface area contributed by atoms with Gasteiger partial charge in [0.15, 0.2) is 0 Å². The first-order valence-corrected chi connectivity index (χ1v) is 6.05. The van der Waals surface area contributed by atoms with E-state index in [2.05, 4.69) is 0 Å². The molecule has 1 aromatic rings. The van der Waals surface area contributed by atoms with Crippen LogP contribution in [0.5, 0.6) is 0 Å². The van der Waals surface area contributed by atoms with E-state index in [1.54, 1.807) is 0 Å². The summed E-state index contributed by atoms with van der Waals surface area (Å²) in [5, 5.41) is 10.8. The van der Waals surface area contributed by atoms with E-state index in [1.807, 2.05) is 13.8 Å². The van der Waals surface area contributed by atoms with Crippen molar-refractivity contribution in [2.75, 3.05) is 0 Å². The molecule has 94 valence electrons. The highest BCUT2D eigenvalue weighted by atomic mass is 19.1. The molecule has 0 spiro atoms. The van der Waals surface area contributed by atoms with Crippen molar-refractivity contribution in [3.63, 3.8) is 0 Å². The van der Waals surface area contributed by atoms with E-state index in [1.165, 1.54) is 18.2 Å². The highest BCUT2D eigenvalue weighted by molar-refractivity contribution is 5.29. The number of aliphatic hydroxyl groups is 1. The maximum atomic E-state index is 13.8. The van der Waals surface area contributed by atoms with Gasteiger partial charge in [0.25, 0.3) is 0 Å². The number of rotatable bonds is 1. The van der Waals surface area contributed by atoms with Crippen molar-refractivity contribution in [1.29, 1.82) is 0 Å². The molecule has 0 amide bonds. The predicted molar refractivity (Wildman–Crippen MR) is 62.5 cm³/mol. The van der Waals surface area contributed by atoms with Crippen LogP contribution in [0.2, 0.25) is 0 Å². The normalized spacial score (nSPS) is 28.1. The Morgan fingerprint density at radius 2 is 1.59 bits per heavy atom. The highest BCUT2D eigenvalue weighted by Gasteiger charge is 2.49. The molecular formula is C14H18F2O. The van der Waals surface area contributed by atoms with Crippen LogP contribution in [0.25, 0.3) is 0 Å². The molecule has 1 atom stereocenters. The molecule has 0 radical (unpaired) electrons. The second kappa shape index (κ2) is 4.05. The van der Waals surface area contributed by atoms with Crippen LogP contribution in [0, 0.1) is 17.0 Å². The van der Waals surface area contributed by atoms with E-state index >= 15 is 0 Å². The van der Waals surface area contributed by atoms with E-state index in [-0.39, 0.29) is 5.56 Å². The van der Waals surface area contributed by atoms with Gasteiger partial charge < -0.3 is 5.11 Å². The van der Waals surface area contributed by atoms with Crippen molar-refractivity contribution in [3.8, 4) is 0 Å². The molecule has 1 unspecified atom stereocenters. The quantitative estimate of drug-likeness (QED) is 0.792. The summed E-state index contributed by atoms with van der Waals surface area (Å²) in [7, 11) is 0. The van der Waals surface area contributed by atoms with Crippen molar-refractivity contribution < 1.29 is 13.9 Å². The minimum atomic E-state index is -1.40. The topological polar surface area (TPSA) is 20.2 Å². The third-order valence-corrected chi connectivity index (χ3v) is 4.09. The van der Waals surface area contributed by atoms with Crippen LogP contribution in [0.15, 0.2) is 18.2 Å². The van der Waals surface area contributed by atoms with E-state index in [4.69, 9.17) is 0 Å². The summed E-state index contributed by atoms with van der Waals surface area (Å²) in [6.45, 7) is 3.75. The second-order valence-corrected chi connectivity index (χ2v) is 5.55. The fourth-order valence-electron chi connectivity index (χ4n) is 2.85. The van der Waals surface area contributed by atoms with E-state index < -0.39 is 22.7 Å². The molecule has 2 rings (SSSR count). The maximum absolute atomic E-state index is 13.8. The second-order valence-electron chi connectivity index (χ2n) is 5.55. The molecule has 1 saturated carbocycles. The lowest BCUT2D eigenvalue weighted by Gasteiger charge is -2.47.